The Morgan fingerprint density at radius 3 is 2.59 bits per heavy atom. The first-order valence-corrected chi connectivity index (χ1v) is 9.30. The van der Waals surface area contributed by atoms with Crippen LogP contribution in [0.5, 0.6) is 0 Å². The minimum atomic E-state index is -4.00. The minimum absolute atomic E-state index is 0.0365. The lowest BCUT2D eigenvalue weighted by atomic mass is 9.96. The summed E-state index contributed by atoms with van der Waals surface area (Å²) in [6, 6.07) is 8.81. The molecule has 1 aliphatic rings. The largest absolute Gasteiger partial charge is 0.383 e. The summed E-state index contributed by atoms with van der Waals surface area (Å²) in [7, 11) is -4.00. The highest BCUT2D eigenvalue weighted by atomic mass is 32.2. The molecule has 0 saturated heterocycles. The molecule has 0 radical (unpaired) electrons. The molecule has 1 fully saturated rings. The van der Waals surface area contributed by atoms with E-state index in [0.29, 0.717) is 0 Å². The molecule has 22 heavy (non-hydrogen) atoms. The van der Waals surface area contributed by atoms with E-state index in [1.54, 1.807) is 6.07 Å². The van der Waals surface area contributed by atoms with E-state index in [1.807, 2.05) is 11.4 Å². The third kappa shape index (κ3) is 2.94. The lowest BCUT2D eigenvalue weighted by Crippen LogP contribution is -2.42. The highest BCUT2D eigenvalue weighted by Crippen LogP contribution is 2.46. The van der Waals surface area contributed by atoms with E-state index in [1.165, 1.54) is 29.5 Å². The van der Waals surface area contributed by atoms with Gasteiger partial charge >= 0.3 is 0 Å². The second-order valence-electron chi connectivity index (χ2n) is 5.43. The fraction of sp³-hybridized carbons (Fsp3) is 0.333. The fourth-order valence-electron chi connectivity index (χ4n) is 2.46. The summed E-state index contributed by atoms with van der Waals surface area (Å²) in [5.41, 5.74) is -1.23. The van der Waals surface area contributed by atoms with Gasteiger partial charge in [-0.2, -0.15) is 0 Å². The number of rotatable bonds is 6. The average molecular weight is 341 g/mol. The summed E-state index contributed by atoms with van der Waals surface area (Å²) in [6.07, 6.45) is 1.71. The van der Waals surface area contributed by atoms with Crippen LogP contribution in [0.1, 0.15) is 17.7 Å². The number of hydrogen-bond acceptors (Lipinski definition) is 4. The maximum absolute atomic E-state index is 13.7. The van der Waals surface area contributed by atoms with Gasteiger partial charge in [0.25, 0.3) is 0 Å². The summed E-state index contributed by atoms with van der Waals surface area (Å²) in [5, 5.41) is 12.7. The average Bonchev–Trinajstić information content (AvgIpc) is 3.20. The number of hydrogen-bond donors (Lipinski definition) is 2. The Morgan fingerprint density at radius 1 is 1.27 bits per heavy atom. The van der Waals surface area contributed by atoms with Crippen molar-refractivity contribution in [2.24, 2.45) is 5.92 Å². The molecule has 1 aliphatic carbocycles. The van der Waals surface area contributed by atoms with E-state index < -0.39 is 26.3 Å². The molecule has 0 bridgehead atoms. The van der Waals surface area contributed by atoms with Crippen LogP contribution in [0.4, 0.5) is 4.39 Å². The van der Waals surface area contributed by atoms with Gasteiger partial charge in [-0.3, -0.25) is 0 Å². The first-order chi connectivity index (χ1) is 10.4. The van der Waals surface area contributed by atoms with Crippen molar-refractivity contribution in [2.75, 3.05) is 6.54 Å². The predicted molar refractivity (Wildman–Crippen MR) is 82.5 cm³/mol. The smallest absolute Gasteiger partial charge is 0.243 e. The van der Waals surface area contributed by atoms with Crippen molar-refractivity contribution in [1.29, 1.82) is 0 Å². The molecule has 7 heteroatoms. The molecule has 3 rings (SSSR count). The van der Waals surface area contributed by atoms with E-state index in [0.717, 1.165) is 23.8 Å². The molecule has 1 aromatic heterocycles. The molecule has 4 nitrogen and oxygen atoms in total. The molecule has 0 amide bonds. The SMILES string of the molecule is O=S(=O)(NC[C@@](O)(c1cccs1)C1CC1)c1ccccc1F. The Morgan fingerprint density at radius 2 is 2.00 bits per heavy atom. The maximum atomic E-state index is 13.7. The molecule has 2 N–H and O–H groups in total. The van der Waals surface area contributed by atoms with Gasteiger partial charge < -0.3 is 5.11 Å². The van der Waals surface area contributed by atoms with Crippen molar-refractivity contribution in [3.05, 3.63) is 52.5 Å². The quantitative estimate of drug-likeness (QED) is 0.848. The van der Waals surface area contributed by atoms with Crippen molar-refractivity contribution < 1.29 is 17.9 Å². The van der Waals surface area contributed by atoms with E-state index >= 15 is 0 Å². The number of benzene rings is 1. The molecule has 0 spiro atoms. The minimum Gasteiger partial charge on any atom is -0.383 e. The van der Waals surface area contributed by atoms with Crippen molar-refractivity contribution in [2.45, 2.75) is 23.3 Å². The van der Waals surface area contributed by atoms with Crippen LogP contribution in [0.25, 0.3) is 0 Å². The monoisotopic (exact) mass is 341 g/mol. The molecular formula is C15H16FNO3S2. The zero-order chi connectivity index (χ0) is 15.8. The Kier molecular flexibility index (Phi) is 4.07. The third-order valence-electron chi connectivity index (χ3n) is 3.86. The number of halogens is 1. The zero-order valence-corrected chi connectivity index (χ0v) is 13.3. The molecule has 1 saturated carbocycles. The first-order valence-electron chi connectivity index (χ1n) is 6.94. The zero-order valence-electron chi connectivity index (χ0n) is 11.7. The first kappa shape index (κ1) is 15.6. The molecule has 118 valence electrons. The molecule has 2 aromatic rings. The topological polar surface area (TPSA) is 66.4 Å². The second-order valence-corrected chi connectivity index (χ2v) is 8.11. The molecule has 1 atom stereocenters. The van der Waals surface area contributed by atoms with E-state index in [4.69, 9.17) is 0 Å². The fourth-order valence-corrected chi connectivity index (χ4v) is 4.52. The van der Waals surface area contributed by atoms with Crippen LogP contribution in [-0.4, -0.2) is 20.1 Å². The van der Waals surface area contributed by atoms with Crippen LogP contribution in [-0.2, 0) is 15.6 Å². The van der Waals surface area contributed by atoms with Gasteiger partial charge in [-0.15, -0.1) is 11.3 Å². The summed E-state index contributed by atoms with van der Waals surface area (Å²) in [4.78, 5) is 0.325. The molecular weight excluding hydrogens is 325 g/mol. The molecule has 1 heterocycles. The Labute approximate surface area is 132 Å². The number of nitrogens with one attached hydrogen (secondary N) is 1. The Bertz CT molecular complexity index is 757. The van der Waals surface area contributed by atoms with Gasteiger partial charge in [0.15, 0.2) is 0 Å². The Balaban J connectivity index is 1.83. The van der Waals surface area contributed by atoms with Crippen LogP contribution in [0.2, 0.25) is 0 Å². The van der Waals surface area contributed by atoms with Crippen molar-refractivity contribution in [3.8, 4) is 0 Å². The lowest BCUT2D eigenvalue weighted by Gasteiger charge is -2.27. The van der Waals surface area contributed by atoms with Crippen LogP contribution in [0.3, 0.4) is 0 Å². The summed E-state index contributed by atoms with van der Waals surface area (Å²) < 4.78 is 40.5. The highest BCUT2D eigenvalue weighted by Gasteiger charge is 2.46. The maximum Gasteiger partial charge on any atom is 0.243 e. The van der Waals surface area contributed by atoms with E-state index in [2.05, 4.69) is 4.72 Å². The number of sulfonamides is 1. The van der Waals surface area contributed by atoms with Gasteiger partial charge in [0.05, 0.1) is 0 Å². The van der Waals surface area contributed by atoms with Gasteiger partial charge in [-0.05, 0) is 42.3 Å². The van der Waals surface area contributed by atoms with Crippen LogP contribution in [0, 0.1) is 11.7 Å². The molecule has 1 aromatic carbocycles. The lowest BCUT2D eigenvalue weighted by molar-refractivity contribution is 0.0222. The number of thiophene rings is 1. The van der Waals surface area contributed by atoms with E-state index in [-0.39, 0.29) is 12.5 Å². The Hall–Kier alpha value is -1.28. The summed E-state index contributed by atoms with van der Waals surface area (Å²) in [6.45, 7) is -0.158. The highest BCUT2D eigenvalue weighted by molar-refractivity contribution is 7.89. The van der Waals surface area contributed by atoms with Gasteiger partial charge in [-0.1, -0.05) is 18.2 Å². The van der Waals surface area contributed by atoms with Crippen LogP contribution < -0.4 is 4.72 Å². The van der Waals surface area contributed by atoms with Crippen molar-refractivity contribution >= 4 is 21.4 Å². The standard InChI is InChI=1S/C15H16FNO3S2/c16-12-4-1-2-5-13(12)22(19,20)17-10-15(18,11-7-8-11)14-6-3-9-21-14/h1-6,9,11,17-18H,7-8,10H2/t15-/m0/s1. The summed E-state index contributed by atoms with van der Waals surface area (Å²) >= 11 is 1.39. The third-order valence-corrected chi connectivity index (χ3v) is 6.33. The van der Waals surface area contributed by atoms with Crippen LogP contribution in [0.15, 0.2) is 46.7 Å². The van der Waals surface area contributed by atoms with Gasteiger partial charge in [0.1, 0.15) is 16.3 Å². The van der Waals surface area contributed by atoms with Crippen molar-refractivity contribution in [3.63, 3.8) is 0 Å². The molecule has 0 unspecified atom stereocenters. The second kappa shape index (κ2) is 5.73. The predicted octanol–water partition coefficient (Wildman–Crippen LogP) is 2.46. The van der Waals surface area contributed by atoms with Gasteiger partial charge in [0, 0.05) is 11.4 Å². The van der Waals surface area contributed by atoms with Gasteiger partial charge in [-0.25, -0.2) is 17.5 Å². The van der Waals surface area contributed by atoms with Crippen molar-refractivity contribution in [1.82, 2.24) is 4.72 Å². The normalized spacial score (nSPS) is 18.1. The summed E-state index contributed by atoms with van der Waals surface area (Å²) in [5.74, 6) is -0.768. The van der Waals surface area contributed by atoms with Crippen LogP contribution >= 0.6 is 11.3 Å². The van der Waals surface area contributed by atoms with E-state index in [9.17, 15) is 17.9 Å². The van der Waals surface area contributed by atoms with Gasteiger partial charge in [0.2, 0.25) is 10.0 Å². The number of aliphatic hydroxyl groups is 1. The molecule has 0 aliphatic heterocycles.